The average Bonchev–Trinajstić information content (AvgIpc) is 2.30. The highest BCUT2D eigenvalue weighted by molar-refractivity contribution is 5.47. The van der Waals surface area contributed by atoms with Gasteiger partial charge in [-0.15, -0.1) is 0 Å². The van der Waals surface area contributed by atoms with Crippen molar-refractivity contribution in [2.24, 2.45) is 5.73 Å². The van der Waals surface area contributed by atoms with Crippen molar-refractivity contribution in [2.45, 2.75) is 13.5 Å². The predicted octanol–water partition coefficient (Wildman–Crippen LogP) is 0.601. The molecule has 1 aliphatic rings. The number of piperazine rings is 1. The first-order valence-corrected chi connectivity index (χ1v) is 5.80. The molecule has 2 N–H and O–H groups in total. The minimum absolute atomic E-state index is 0.566. The highest BCUT2D eigenvalue weighted by Crippen LogP contribution is 2.19. The Labute approximate surface area is 97.1 Å². The number of nitrogens with zero attached hydrogens (tertiary/aromatic N) is 3. The van der Waals surface area contributed by atoms with Gasteiger partial charge in [0.05, 0.1) is 0 Å². The van der Waals surface area contributed by atoms with Crippen LogP contribution < -0.4 is 10.6 Å². The molecule has 0 aliphatic carbocycles. The second-order valence-corrected chi connectivity index (χ2v) is 4.48. The third-order valence-corrected chi connectivity index (χ3v) is 3.15. The first kappa shape index (κ1) is 11.4. The second-order valence-electron chi connectivity index (χ2n) is 4.48. The van der Waals surface area contributed by atoms with Crippen LogP contribution in [0.2, 0.25) is 0 Å². The molecule has 0 aromatic carbocycles. The summed E-state index contributed by atoms with van der Waals surface area (Å²) in [6.07, 6.45) is 1.89. The zero-order valence-corrected chi connectivity index (χ0v) is 10.1. The summed E-state index contributed by atoms with van der Waals surface area (Å²) in [5, 5.41) is 0. The van der Waals surface area contributed by atoms with Gasteiger partial charge in [-0.2, -0.15) is 0 Å². The zero-order valence-electron chi connectivity index (χ0n) is 10.1. The van der Waals surface area contributed by atoms with Crippen LogP contribution >= 0.6 is 0 Å². The second kappa shape index (κ2) is 4.80. The van der Waals surface area contributed by atoms with Crippen LogP contribution in [0.3, 0.4) is 0 Å². The third-order valence-electron chi connectivity index (χ3n) is 3.15. The van der Waals surface area contributed by atoms with E-state index in [0.717, 1.165) is 37.6 Å². The number of nitrogens with two attached hydrogens (primary N) is 1. The maximum atomic E-state index is 5.61. The SMILES string of the molecule is Cc1cc(CN)cnc1N1CCN(C)CC1. The lowest BCUT2D eigenvalue weighted by Crippen LogP contribution is -2.45. The van der Waals surface area contributed by atoms with Gasteiger partial charge in [-0.3, -0.25) is 0 Å². The van der Waals surface area contributed by atoms with Crippen LogP contribution in [0.4, 0.5) is 5.82 Å². The molecule has 88 valence electrons. The van der Waals surface area contributed by atoms with Crippen molar-refractivity contribution in [1.29, 1.82) is 0 Å². The lowest BCUT2D eigenvalue weighted by molar-refractivity contribution is 0.312. The summed E-state index contributed by atoms with van der Waals surface area (Å²) in [6.45, 7) is 7.02. The summed E-state index contributed by atoms with van der Waals surface area (Å²) in [6, 6.07) is 2.14. The summed E-state index contributed by atoms with van der Waals surface area (Å²) in [5.41, 5.74) is 7.94. The van der Waals surface area contributed by atoms with Crippen molar-refractivity contribution < 1.29 is 0 Å². The smallest absolute Gasteiger partial charge is 0.131 e. The molecular weight excluding hydrogens is 200 g/mol. The maximum absolute atomic E-state index is 5.61. The van der Waals surface area contributed by atoms with Gasteiger partial charge in [0, 0.05) is 38.9 Å². The van der Waals surface area contributed by atoms with E-state index in [9.17, 15) is 0 Å². The molecule has 1 aromatic rings. The Hall–Kier alpha value is -1.13. The Morgan fingerprint density at radius 3 is 2.56 bits per heavy atom. The van der Waals surface area contributed by atoms with Crippen molar-refractivity contribution in [2.75, 3.05) is 38.1 Å². The van der Waals surface area contributed by atoms with E-state index in [1.165, 1.54) is 5.56 Å². The normalized spacial score (nSPS) is 17.8. The van der Waals surface area contributed by atoms with Gasteiger partial charge in [0.1, 0.15) is 5.82 Å². The van der Waals surface area contributed by atoms with Gasteiger partial charge in [0.15, 0.2) is 0 Å². The quantitative estimate of drug-likeness (QED) is 0.793. The van der Waals surface area contributed by atoms with Gasteiger partial charge < -0.3 is 15.5 Å². The summed E-state index contributed by atoms with van der Waals surface area (Å²) in [5.74, 6) is 1.12. The highest BCUT2D eigenvalue weighted by Gasteiger charge is 2.16. The summed E-state index contributed by atoms with van der Waals surface area (Å²) in [4.78, 5) is 9.23. The van der Waals surface area contributed by atoms with Gasteiger partial charge in [-0.25, -0.2) is 4.98 Å². The fourth-order valence-corrected chi connectivity index (χ4v) is 2.09. The molecule has 16 heavy (non-hydrogen) atoms. The fourth-order valence-electron chi connectivity index (χ4n) is 2.09. The average molecular weight is 220 g/mol. The monoisotopic (exact) mass is 220 g/mol. The molecule has 0 unspecified atom stereocenters. The van der Waals surface area contributed by atoms with E-state index in [0.29, 0.717) is 6.54 Å². The first-order valence-electron chi connectivity index (χ1n) is 5.80. The first-order chi connectivity index (χ1) is 7.70. The number of aryl methyl sites for hydroxylation is 1. The van der Waals surface area contributed by atoms with Crippen LogP contribution in [-0.4, -0.2) is 43.1 Å². The molecule has 1 aromatic heterocycles. The van der Waals surface area contributed by atoms with E-state index in [-0.39, 0.29) is 0 Å². The van der Waals surface area contributed by atoms with Crippen LogP contribution in [0, 0.1) is 6.92 Å². The maximum Gasteiger partial charge on any atom is 0.131 e. The summed E-state index contributed by atoms with van der Waals surface area (Å²) in [7, 11) is 2.16. The number of aromatic nitrogens is 1. The van der Waals surface area contributed by atoms with Crippen molar-refractivity contribution in [3.8, 4) is 0 Å². The standard InChI is InChI=1S/C12H20N4/c1-10-7-11(8-13)9-14-12(10)16-5-3-15(2)4-6-16/h7,9H,3-6,8,13H2,1-2H3. The molecule has 2 rings (SSSR count). The van der Waals surface area contributed by atoms with E-state index >= 15 is 0 Å². The molecular formula is C12H20N4. The van der Waals surface area contributed by atoms with Gasteiger partial charge >= 0.3 is 0 Å². The molecule has 0 amide bonds. The molecule has 1 aliphatic heterocycles. The minimum Gasteiger partial charge on any atom is -0.354 e. The number of rotatable bonds is 2. The van der Waals surface area contributed by atoms with E-state index in [2.05, 4.69) is 34.8 Å². The molecule has 4 nitrogen and oxygen atoms in total. The van der Waals surface area contributed by atoms with E-state index < -0.39 is 0 Å². The molecule has 1 fully saturated rings. The molecule has 0 bridgehead atoms. The van der Waals surface area contributed by atoms with Gasteiger partial charge in [-0.1, -0.05) is 0 Å². The Kier molecular flexibility index (Phi) is 3.41. The summed E-state index contributed by atoms with van der Waals surface area (Å²) < 4.78 is 0. The highest BCUT2D eigenvalue weighted by atomic mass is 15.3. The number of likely N-dealkylation sites (N-methyl/N-ethyl adjacent to an activating group) is 1. The number of hydrogen-bond donors (Lipinski definition) is 1. The molecule has 0 radical (unpaired) electrons. The Morgan fingerprint density at radius 2 is 2.00 bits per heavy atom. The largest absolute Gasteiger partial charge is 0.354 e. The van der Waals surface area contributed by atoms with E-state index in [4.69, 9.17) is 5.73 Å². The topological polar surface area (TPSA) is 45.4 Å². The van der Waals surface area contributed by atoms with Crippen LogP contribution in [0.15, 0.2) is 12.3 Å². The number of hydrogen-bond acceptors (Lipinski definition) is 4. The molecule has 2 heterocycles. The van der Waals surface area contributed by atoms with Crippen LogP contribution in [-0.2, 0) is 6.54 Å². The zero-order chi connectivity index (χ0) is 11.5. The van der Waals surface area contributed by atoms with Crippen molar-refractivity contribution in [3.63, 3.8) is 0 Å². The molecule has 1 saturated heterocycles. The van der Waals surface area contributed by atoms with Crippen molar-refractivity contribution >= 4 is 5.82 Å². The molecule has 4 heteroatoms. The van der Waals surface area contributed by atoms with Gasteiger partial charge in [0.2, 0.25) is 0 Å². The van der Waals surface area contributed by atoms with E-state index in [1.54, 1.807) is 0 Å². The van der Waals surface area contributed by atoms with E-state index in [1.807, 2.05) is 6.20 Å². The minimum atomic E-state index is 0.566. The Morgan fingerprint density at radius 1 is 1.31 bits per heavy atom. The molecule has 0 atom stereocenters. The van der Waals surface area contributed by atoms with Gasteiger partial charge in [-0.05, 0) is 31.2 Å². The van der Waals surface area contributed by atoms with Gasteiger partial charge in [0.25, 0.3) is 0 Å². The molecule has 0 saturated carbocycles. The van der Waals surface area contributed by atoms with Crippen LogP contribution in [0.1, 0.15) is 11.1 Å². The Balaban J connectivity index is 2.14. The lowest BCUT2D eigenvalue weighted by atomic mass is 10.2. The van der Waals surface area contributed by atoms with Crippen LogP contribution in [0.5, 0.6) is 0 Å². The number of pyridine rings is 1. The number of anilines is 1. The van der Waals surface area contributed by atoms with Crippen LogP contribution in [0.25, 0.3) is 0 Å². The third kappa shape index (κ3) is 2.33. The summed E-state index contributed by atoms with van der Waals surface area (Å²) >= 11 is 0. The lowest BCUT2D eigenvalue weighted by Gasteiger charge is -2.34. The van der Waals surface area contributed by atoms with Crippen molar-refractivity contribution in [1.82, 2.24) is 9.88 Å². The Bertz CT molecular complexity index is 356. The van der Waals surface area contributed by atoms with Crippen molar-refractivity contribution in [3.05, 3.63) is 23.4 Å². The molecule has 0 spiro atoms. The predicted molar refractivity (Wildman–Crippen MR) is 66.6 cm³/mol. The fraction of sp³-hybridized carbons (Fsp3) is 0.583.